The molecule has 0 saturated heterocycles. The molecule has 5 nitrogen and oxygen atoms in total. The van der Waals surface area contributed by atoms with Crippen molar-refractivity contribution in [1.82, 2.24) is 0 Å². The first-order valence-corrected chi connectivity index (χ1v) is 19.4. The maximum Gasteiger partial charge on any atom is 0.430 e. The van der Waals surface area contributed by atoms with E-state index in [2.05, 4.69) is 0 Å². The van der Waals surface area contributed by atoms with E-state index in [4.69, 9.17) is 21.4 Å². The summed E-state index contributed by atoms with van der Waals surface area (Å²) in [4.78, 5) is 34.4. The van der Waals surface area contributed by atoms with Crippen molar-refractivity contribution in [3.8, 4) is 5.75 Å². The number of allylic oxidation sites excluding steroid dienone is 4. The van der Waals surface area contributed by atoms with Crippen LogP contribution in [0.1, 0.15) is 38.9 Å². The van der Waals surface area contributed by atoms with Crippen molar-refractivity contribution in [2.75, 3.05) is 0 Å². The van der Waals surface area contributed by atoms with Gasteiger partial charge in [-0.2, -0.15) is 13.2 Å². The summed E-state index contributed by atoms with van der Waals surface area (Å²) in [5.41, 5.74) is 4.79. The van der Waals surface area contributed by atoms with E-state index in [0.29, 0.717) is 17.0 Å². The number of hydrogen-bond acceptors (Lipinski definition) is 4. The fourth-order valence-corrected chi connectivity index (χ4v) is 6.04. The van der Waals surface area contributed by atoms with E-state index in [1.165, 1.54) is 12.1 Å². The molecular weight excluding hydrogens is 797 g/mol. The molecule has 0 aliphatic carbocycles. The minimum Gasteiger partial charge on any atom is -0.478 e. The number of alkyl halides is 3. The van der Waals surface area contributed by atoms with Crippen molar-refractivity contribution in [3.63, 3.8) is 0 Å². The van der Waals surface area contributed by atoms with Crippen molar-refractivity contribution < 1.29 is 37.4 Å². The van der Waals surface area contributed by atoms with Gasteiger partial charge in [0.1, 0.15) is 5.75 Å². The molecule has 306 valence electrons. The van der Waals surface area contributed by atoms with Gasteiger partial charge in [-0.25, -0.2) is 4.79 Å². The van der Waals surface area contributed by atoms with Crippen LogP contribution in [0.5, 0.6) is 5.75 Å². The molecule has 0 aromatic heterocycles. The minimum absolute atomic E-state index is 0.000535. The second kappa shape index (κ2) is 22.8. The summed E-state index contributed by atoms with van der Waals surface area (Å²) in [6.45, 7) is 0. The van der Waals surface area contributed by atoms with Crippen LogP contribution in [0, 0.1) is 0 Å². The number of ketones is 2. The first-order valence-electron chi connectivity index (χ1n) is 19.0. The summed E-state index contributed by atoms with van der Waals surface area (Å²) in [7, 11) is 0. The molecule has 1 aliphatic rings. The molecule has 1 heterocycles. The Morgan fingerprint density at radius 3 is 1.28 bits per heavy atom. The Morgan fingerprint density at radius 2 is 0.934 bits per heavy atom. The number of fused-ring (bicyclic) bond motifs is 1. The molecule has 9 heteroatoms. The number of carboxylic acids is 1. The van der Waals surface area contributed by atoms with Crippen LogP contribution in [0.3, 0.4) is 0 Å². The first kappa shape index (κ1) is 44.8. The molecule has 1 atom stereocenters. The number of rotatable bonds is 11. The highest BCUT2D eigenvalue weighted by atomic mass is 35.5. The summed E-state index contributed by atoms with van der Waals surface area (Å²) in [6.07, 6.45) is 7.50. The maximum absolute atomic E-state index is 13.2. The second-order valence-electron chi connectivity index (χ2n) is 13.4. The predicted molar refractivity (Wildman–Crippen MR) is 239 cm³/mol. The van der Waals surface area contributed by atoms with Crippen LogP contribution in [0.15, 0.2) is 194 Å². The van der Waals surface area contributed by atoms with Crippen molar-refractivity contribution in [3.05, 3.63) is 238 Å². The third kappa shape index (κ3) is 15.1. The Morgan fingerprint density at radius 1 is 0.574 bits per heavy atom. The molecule has 61 heavy (non-hydrogen) atoms. The quantitative estimate of drug-likeness (QED) is 0.131. The zero-order valence-electron chi connectivity index (χ0n) is 32.7. The van der Waals surface area contributed by atoms with Gasteiger partial charge in [0.25, 0.3) is 0 Å². The third-order valence-corrected chi connectivity index (χ3v) is 8.95. The molecule has 1 N–H and O–H groups in total. The van der Waals surface area contributed by atoms with Crippen LogP contribution in [0.25, 0.3) is 30.4 Å². The number of carboxylic acid groups (broad SMARTS) is 1. The molecule has 0 spiro atoms. The van der Waals surface area contributed by atoms with E-state index in [0.717, 1.165) is 33.9 Å². The van der Waals surface area contributed by atoms with Gasteiger partial charge in [-0.05, 0) is 70.3 Å². The van der Waals surface area contributed by atoms with Gasteiger partial charge in [0.15, 0.2) is 11.6 Å². The fourth-order valence-electron chi connectivity index (χ4n) is 5.79. The van der Waals surface area contributed by atoms with E-state index >= 15 is 0 Å². The second-order valence-corrected chi connectivity index (χ2v) is 13.8. The van der Waals surface area contributed by atoms with Crippen LogP contribution in [-0.4, -0.2) is 34.9 Å². The number of hydrogen-bond donors (Lipinski definition) is 1. The highest BCUT2D eigenvalue weighted by Gasteiger charge is 2.48. The van der Waals surface area contributed by atoms with Gasteiger partial charge in [-0.3, -0.25) is 9.59 Å². The van der Waals surface area contributed by atoms with E-state index < -0.39 is 23.8 Å². The number of ether oxygens (including phenoxy) is 1. The van der Waals surface area contributed by atoms with E-state index in [9.17, 15) is 27.6 Å². The fraction of sp³-hybridized carbons (Fsp3) is 0.0577. The van der Waals surface area contributed by atoms with Crippen molar-refractivity contribution >= 4 is 59.5 Å². The van der Waals surface area contributed by atoms with Crippen molar-refractivity contribution in [2.24, 2.45) is 0 Å². The standard InChI is InChI=1S/C18H12ClF3O3.2C17H14O/c19-13-7-11(6-10-4-2-1-3-5-10)15-12(8-13)9-14(17(23)24)16(25-15)18(20,21)22;2*18-17(13-11-15-7-3-1-4-8-15)14-12-16-9-5-2-6-10-16/h1-5,7-9,16H,6H2,(H,23,24);2*1-14H. The normalized spacial score (nSPS) is 13.4. The number of aliphatic carboxylic acids is 1. The zero-order chi connectivity index (χ0) is 43.5. The molecular formula is C52H40ClF3O5. The van der Waals surface area contributed by atoms with Crippen molar-refractivity contribution in [1.29, 1.82) is 0 Å². The zero-order valence-corrected chi connectivity index (χ0v) is 33.4. The molecule has 0 saturated carbocycles. The molecule has 6 aromatic carbocycles. The Balaban J connectivity index is 0.000000177. The number of halogens is 4. The largest absolute Gasteiger partial charge is 0.478 e. The Hall–Kier alpha value is -7.29. The lowest BCUT2D eigenvalue weighted by molar-refractivity contribution is -0.187. The molecule has 6 aromatic rings. The Kier molecular flexibility index (Phi) is 16.7. The molecule has 0 bridgehead atoms. The monoisotopic (exact) mass is 836 g/mol. The smallest absolute Gasteiger partial charge is 0.430 e. The lowest BCUT2D eigenvalue weighted by atomic mass is 9.96. The lowest BCUT2D eigenvalue weighted by Crippen LogP contribution is -2.40. The Bertz CT molecular complexity index is 2300. The van der Waals surface area contributed by atoms with E-state index in [-0.39, 0.29) is 22.9 Å². The molecule has 0 fully saturated rings. The predicted octanol–water partition coefficient (Wildman–Crippen LogP) is 12.7. The summed E-state index contributed by atoms with van der Waals surface area (Å²) < 4.78 is 44.8. The van der Waals surface area contributed by atoms with E-state index in [1.807, 2.05) is 176 Å². The van der Waals surface area contributed by atoms with Crippen molar-refractivity contribution in [2.45, 2.75) is 18.7 Å². The summed E-state index contributed by atoms with van der Waals surface area (Å²) in [6, 6.07) is 51.1. The maximum atomic E-state index is 13.2. The van der Waals surface area contributed by atoms with Crippen LogP contribution in [0.4, 0.5) is 13.2 Å². The summed E-state index contributed by atoms with van der Waals surface area (Å²) in [5.74, 6) is -1.71. The highest BCUT2D eigenvalue weighted by Crippen LogP contribution is 2.41. The van der Waals surface area contributed by atoms with Gasteiger partial charge in [0.2, 0.25) is 6.10 Å². The van der Waals surface area contributed by atoms with Crippen LogP contribution < -0.4 is 4.74 Å². The molecule has 0 radical (unpaired) electrons. The van der Waals surface area contributed by atoms with Gasteiger partial charge >= 0.3 is 12.1 Å². The van der Waals surface area contributed by atoms with Crippen LogP contribution in [0.2, 0.25) is 5.02 Å². The van der Waals surface area contributed by atoms with Gasteiger partial charge < -0.3 is 9.84 Å². The minimum atomic E-state index is -4.84. The van der Waals surface area contributed by atoms with Gasteiger partial charge in [-0.15, -0.1) is 0 Å². The third-order valence-electron chi connectivity index (χ3n) is 8.73. The Labute approximate surface area is 357 Å². The first-order chi connectivity index (χ1) is 29.4. The summed E-state index contributed by atoms with van der Waals surface area (Å²) in [5, 5.41) is 9.38. The van der Waals surface area contributed by atoms with E-state index in [1.54, 1.807) is 24.3 Å². The highest BCUT2D eigenvalue weighted by molar-refractivity contribution is 6.31. The molecule has 0 amide bonds. The topological polar surface area (TPSA) is 80.7 Å². The molecule has 7 rings (SSSR count). The molecule has 1 aliphatic heterocycles. The summed E-state index contributed by atoms with van der Waals surface area (Å²) >= 11 is 6.05. The van der Waals surface area contributed by atoms with Gasteiger partial charge in [0.05, 0.1) is 5.57 Å². The lowest BCUT2D eigenvalue weighted by Gasteiger charge is -2.28. The number of carbonyl (C=O) groups is 3. The van der Waals surface area contributed by atoms with Gasteiger partial charge in [-0.1, -0.05) is 188 Å². The molecule has 1 unspecified atom stereocenters. The average molecular weight is 837 g/mol. The number of carbonyl (C=O) groups excluding carboxylic acids is 2. The van der Waals surface area contributed by atoms with Gasteiger partial charge in [0, 0.05) is 22.6 Å². The van der Waals surface area contributed by atoms with Crippen LogP contribution in [-0.2, 0) is 20.8 Å². The number of benzene rings is 6. The average Bonchev–Trinajstić information content (AvgIpc) is 3.27. The van der Waals surface area contributed by atoms with Crippen LogP contribution >= 0.6 is 11.6 Å². The SMILES string of the molecule is O=C(C=Cc1ccccc1)C=Cc1ccccc1.O=C(C=Cc1ccccc1)C=Cc1ccccc1.O=C(O)C1=Cc2cc(Cl)cc(Cc3ccccc3)c2OC1C(F)(F)F.